The zero-order valence-electron chi connectivity index (χ0n) is 15.2. The summed E-state index contributed by atoms with van der Waals surface area (Å²) in [5.41, 5.74) is 0. The van der Waals surface area contributed by atoms with Crippen molar-refractivity contribution in [3.05, 3.63) is 97.2 Å². The second-order valence-electron chi connectivity index (χ2n) is 5.65. The quantitative estimate of drug-likeness (QED) is 0.407. The molecule has 2 heteroatoms. The molecule has 0 bridgehead atoms. The molecule has 0 aliphatic heterocycles. The van der Waals surface area contributed by atoms with Crippen molar-refractivity contribution >= 4 is 0 Å². The molecule has 25 heavy (non-hydrogen) atoms. The van der Waals surface area contributed by atoms with Gasteiger partial charge in [0.15, 0.2) is 0 Å². The zero-order chi connectivity index (χ0) is 16.6. The van der Waals surface area contributed by atoms with Crippen LogP contribution in [0.15, 0.2) is 97.2 Å². The predicted molar refractivity (Wildman–Crippen MR) is 105 cm³/mol. The summed E-state index contributed by atoms with van der Waals surface area (Å²) >= 11 is 0. The first-order valence-electron chi connectivity index (χ1n) is 8.66. The van der Waals surface area contributed by atoms with Crippen LogP contribution in [0.5, 0.6) is 0 Å². The molecule has 0 fully saturated rings. The molecule has 0 aromatic carbocycles. The number of hydrogen-bond acceptors (Lipinski definition) is 0. The van der Waals surface area contributed by atoms with Crippen molar-refractivity contribution in [2.45, 2.75) is 33.1 Å². The van der Waals surface area contributed by atoms with Crippen LogP contribution in [-0.4, -0.2) is 0 Å². The Morgan fingerprint density at radius 1 is 0.600 bits per heavy atom. The van der Waals surface area contributed by atoms with E-state index in [0.717, 1.165) is 18.8 Å². The Kier molecular flexibility index (Phi) is 20.2. The summed E-state index contributed by atoms with van der Waals surface area (Å²) in [7, 11) is 0. The van der Waals surface area contributed by atoms with E-state index in [0.29, 0.717) is 5.92 Å². The SMILES string of the molecule is C1=CCC=C1.C1=CCC=C1.CC1C=CC=C1.CCC1C=CC=C1.[Fe].[Fe]. The summed E-state index contributed by atoms with van der Waals surface area (Å²) in [4.78, 5) is 0. The van der Waals surface area contributed by atoms with Gasteiger partial charge in [-0.2, -0.15) is 0 Å². The number of hydrogen-bond donors (Lipinski definition) is 0. The summed E-state index contributed by atoms with van der Waals surface area (Å²) < 4.78 is 0. The second-order valence-corrected chi connectivity index (χ2v) is 5.65. The van der Waals surface area contributed by atoms with Crippen molar-refractivity contribution in [1.82, 2.24) is 0 Å². The van der Waals surface area contributed by atoms with Gasteiger partial charge in [0.1, 0.15) is 0 Å². The molecule has 0 aromatic rings. The molecule has 0 aromatic heterocycles. The van der Waals surface area contributed by atoms with Gasteiger partial charge >= 0.3 is 0 Å². The van der Waals surface area contributed by atoms with Crippen molar-refractivity contribution in [2.24, 2.45) is 11.8 Å². The van der Waals surface area contributed by atoms with Gasteiger partial charge in [-0.15, -0.1) is 0 Å². The van der Waals surface area contributed by atoms with Crippen LogP contribution in [0.3, 0.4) is 0 Å². The third-order valence-corrected chi connectivity index (χ3v) is 3.55. The van der Waals surface area contributed by atoms with Crippen molar-refractivity contribution < 1.29 is 34.1 Å². The van der Waals surface area contributed by atoms with Crippen LogP contribution in [0.1, 0.15) is 33.1 Å². The van der Waals surface area contributed by atoms with Gasteiger partial charge in [0.25, 0.3) is 0 Å². The molecular formula is C23H30Fe2. The standard InChI is InChI=1S/C7H10.C6H8.2C5H6.2Fe/c1-2-7-5-3-4-6-7;1-6-4-2-3-5-6;2*1-2-4-5-3-1;;/h3-7H,2H2,1H3;2-6H,1H3;2*1-4H,5H2;;. The molecule has 0 saturated heterocycles. The van der Waals surface area contributed by atoms with E-state index in [2.05, 4.69) is 111 Å². The van der Waals surface area contributed by atoms with Crippen LogP contribution in [0.25, 0.3) is 0 Å². The molecule has 0 atom stereocenters. The van der Waals surface area contributed by atoms with E-state index in [1.807, 2.05) is 0 Å². The molecule has 138 valence electrons. The van der Waals surface area contributed by atoms with Crippen LogP contribution < -0.4 is 0 Å². The van der Waals surface area contributed by atoms with Gasteiger partial charge in [0.2, 0.25) is 0 Å². The zero-order valence-corrected chi connectivity index (χ0v) is 17.4. The van der Waals surface area contributed by atoms with Crippen LogP contribution in [0.2, 0.25) is 0 Å². The molecule has 0 saturated carbocycles. The third kappa shape index (κ3) is 16.2. The van der Waals surface area contributed by atoms with E-state index in [1.54, 1.807) is 0 Å². The van der Waals surface area contributed by atoms with Crippen LogP contribution in [0.4, 0.5) is 0 Å². The monoisotopic (exact) mass is 418 g/mol. The molecule has 0 radical (unpaired) electrons. The minimum atomic E-state index is 0. The molecule has 4 rings (SSSR count). The Hall–Kier alpha value is -1.04. The first-order chi connectivity index (χ1) is 11.3. The Morgan fingerprint density at radius 2 is 0.960 bits per heavy atom. The molecule has 4 aliphatic rings. The Bertz CT molecular complexity index is 462. The van der Waals surface area contributed by atoms with Gasteiger partial charge in [-0.1, -0.05) is 111 Å². The van der Waals surface area contributed by atoms with Gasteiger partial charge in [0.05, 0.1) is 0 Å². The van der Waals surface area contributed by atoms with E-state index >= 15 is 0 Å². The fourth-order valence-electron chi connectivity index (χ4n) is 2.08. The van der Waals surface area contributed by atoms with E-state index < -0.39 is 0 Å². The van der Waals surface area contributed by atoms with Crippen LogP contribution in [-0.2, 0) is 34.1 Å². The van der Waals surface area contributed by atoms with E-state index in [4.69, 9.17) is 0 Å². The maximum absolute atomic E-state index is 2.22. The predicted octanol–water partition coefficient (Wildman–Crippen LogP) is 6.89. The van der Waals surface area contributed by atoms with Crippen LogP contribution >= 0.6 is 0 Å². The fraction of sp³-hybridized carbons (Fsp3) is 0.304. The fourth-order valence-corrected chi connectivity index (χ4v) is 2.08. The van der Waals surface area contributed by atoms with Gasteiger partial charge in [0, 0.05) is 34.1 Å². The first kappa shape index (κ1) is 26.2. The van der Waals surface area contributed by atoms with E-state index in [9.17, 15) is 0 Å². The largest absolute Gasteiger partial charge is 0.0808 e. The van der Waals surface area contributed by atoms with Gasteiger partial charge < -0.3 is 0 Å². The normalized spacial score (nSPS) is 17.2. The number of allylic oxidation sites excluding steroid dienone is 16. The Labute approximate surface area is 175 Å². The summed E-state index contributed by atoms with van der Waals surface area (Å²) in [5, 5.41) is 0. The van der Waals surface area contributed by atoms with Gasteiger partial charge in [-0.05, 0) is 31.1 Å². The maximum Gasteiger partial charge on any atom is 0 e. The molecular weight excluding hydrogens is 388 g/mol. The van der Waals surface area contributed by atoms with Gasteiger partial charge in [-0.3, -0.25) is 0 Å². The van der Waals surface area contributed by atoms with Gasteiger partial charge in [-0.25, -0.2) is 0 Å². The van der Waals surface area contributed by atoms with Crippen molar-refractivity contribution in [2.75, 3.05) is 0 Å². The second kappa shape index (κ2) is 19.3. The van der Waals surface area contributed by atoms with Crippen molar-refractivity contribution in [1.29, 1.82) is 0 Å². The molecule has 0 amide bonds. The smallest absolute Gasteiger partial charge is 0 e. The van der Waals surface area contributed by atoms with Crippen LogP contribution in [0, 0.1) is 11.8 Å². The van der Waals surface area contributed by atoms with Crippen molar-refractivity contribution in [3.8, 4) is 0 Å². The molecule has 0 spiro atoms. The third-order valence-electron chi connectivity index (χ3n) is 3.55. The molecule has 0 nitrogen and oxygen atoms in total. The topological polar surface area (TPSA) is 0 Å². The summed E-state index contributed by atoms with van der Waals surface area (Å²) in [5.74, 6) is 1.42. The molecule has 0 heterocycles. The summed E-state index contributed by atoms with van der Waals surface area (Å²) in [6.07, 6.45) is 37.4. The molecule has 0 N–H and O–H groups in total. The molecule has 0 unspecified atom stereocenters. The van der Waals surface area contributed by atoms with E-state index in [1.165, 1.54) is 6.42 Å². The average Bonchev–Trinajstić information content (AvgIpc) is 3.40. The Balaban J connectivity index is 0. The average molecular weight is 418 g/mol. The first-order valence-corrected chi connectivity index (χ1v) is 8.66. The van der Waals surface area contributed by atoms with E-state index in [-0.39, 0.29) is 34.1 Å². The minimum absolute atomic E-state index is 0. The maximum atomic E-state index is 2.22. The number of rotatable bonds is 1. The van der Waals surface area contributed by atoms with Crippen molar-refractivity contribution in [3.63, 3.8) is 0 Å². The Morgan fingerprint density at radius 3 is 1.12 bits per heavy atom. The summed E-state index contributed by atoms with van der Waals surface area (Å²) in [6, 6.07) is 0. The molecule has 4 aliphatic carbocycles. The minimum Gasteiger partial charge on any atom is -0.0808 e. The summed E-state index contributed by atoms with van der Waals surface area (Å²) in [6.45, 7) is 4.37.